The van der Waals surface area contributed by atoms with Gasteiger partial charge >= 0.3 is 0 Å². The van der Waals surface area contributed by atoms with Crippen molar-refractivity contribution < 1.29 is 9.18 Å². The first-order valence-corrected chi connectivity index (χ1v) is 6.66. The average molecular weight is 275 g/mol. The Balaban J connectivity index is 2.27. The van der Waals surface area contributed by atoms with E-state index in [2.05, 4.69) is 10.4 Å². The van der Waals surface area contributed by atoms with Crippen LogP contribution in [0.5, 0.6) is 0 Å². The second-order valence-corrected chi connectivity index (χ2v) is 4.86. The van der Waals surface area contributed by atoms with Crippen LogP contribution in [0.4, 0.5) is 10.1 Å². The number of para-hydroxylation sites is 1. The normalized spacial score (nSPS) is 10.8. The number of halogens is 1. The molecule has 0 fully saturated rings. The van der Waals surface area contributed by atoms with Gasteiger partial charge in [-0.25, -0.2) is 4.39 Å². The predicted octanol–water partition coefficient (Wildman–Crippen LogP) is 3.42. The number of rotatable bonds is 4. The molecule has 20 heavy (non-hydrogen) atoms. The maximum atomic E-state index is 13.5. The van der Waals surface area contributed by atoms with Gasteiger partial charge in [0.25, 0.3) is 5.91 Å². The van der Waals surface area contributed by atoms with Crippen LogP contribution in [-0.4, -0.2) is 15.7 Å². The minimum Gasteiger partial charge on any atom is -0.318 e. The second-order valence-electron chi connectivity index (χ2n) is 4.86. The maximum absolute atomic E-state index is 13.5. The molecule has 0 saturated carbocycles. The third-order valence-corrected chi connectivity index (χ3v) is 3.04. The van der Waals surface area contributed by atoms with Crippen LogP contribution in [0.1, 0.15) is 42.9 Å². The zero-order valence-electron chi connectivity index (χ0n) is 11.9. The first kappa shape index (κ1) is 14.2. The van der Waals surface area contributed by atoms with Gasteiger partial charge in [0.1, 0.15) is 11.5 Å². The number of hydrogen-bond donors (Lipinski definition) is 1. The summed E-state index contributed by atoms with van der Waals surface area (Å²) in [5, 5.41) is 6.95. The third kappa shape index (κ3) is 2.87. The van der Waals surface area contributed by atoms with Crippen LogP contribution in [0.2, 0.25) is 0 Å². The van der Waals surface area contributed by atoms with Crippen molar-refractivity contribution in [2.75, 3.05) is 5.32 Å². The summed E-state index contributed by atoms with van der Waals surface area (Å²) >= 11 is 0. The fourth-order valence-corrected chi connectivity index (χ4v) is 1.89. The molecule has 0 radical (unpaired) electrons. The third-order valence-electron chi connectivity index (χ3n) is 3.04. The molecule has 0 aliphatic rings. The minimum atomic E-state index is -0.451. The molecule has 1 N–H and O–H groups in total. The first-order valence-electron chi connectivity index (χ1n) is 6.66. The van der Waals surface area contributed by atoms with E-state index in [1.807, 2.05) is 20.8 Å². The van der Waals surface area contributed by atoms with Crippen molar-refractivity contribution in [3.05, 3.63) is 47.5 Å². The van der Waals surface area contributed by atoms with Crippen molar-refractivity contribution in [1.29, 1.82) is 0 Å². The lowest BCUT2D eigenvalue weighted by molar-refractivity contribution is 0.101. The summed E-state index contributed by atoms with van der Waals surface area (Å²) in [4.78, 5) is 12.2. The highest BCUT2D eigenvalue weighted by atomic mass is 19.1. The molecule has 0 bridgehead atoms. The number of carbonyl (C=O) groups excluding carboxylic acids is 1. The Morgan fingerprint density at radius 1 is 1.40 bits per heavy atom. The summed E-state index contributed by atoms with van der Waals surface area (Å²) in [6.45, 7) is 6.53. The van der Waals surface area contributed by atoms with Crippen LogP contribution in [-0.2, 0) is 6.54 Å². The number of amides is 1. The molecule has 0 spiro atoms. The Morgan fingerprint density at radius 3 is 2.70 bits per heavy atom. The van der Waals surface area contributed by atoms with Gasteiger partial charge in [-0.3, -0.25) is 9.48 Å². The quantitative estimate of drug-likeness (QED) is 0.929. The lowest BCUT2D eigenvalue weighted by Crippen LogP contribution is -2.17. The maximum Gasteiger partial charge on any atom is 0.274 e. The highest BCUT2D eigenvalue weighted by Gasteiger charge is 2.17. The highest BCUT2D eigenvalue weighted by molar-refractivity contribution is 6.03. The number of benzene rings is 1. The Bertz CT molecular complexity index is 619. The number of aryl methyl sites for hydroxylation is 1. The lowest BCUT2D eigenvalue weighted by Gasteiger charge is -2.07. The summed E-state index contributed by atoms with van der Waals surface area (Å²) in [7, 11) is 0. The summed E-state index contributed by atoms with van der Waals surface area (Å²) in [6.07, 6.45) is 0. The van der Waals surface area contributed by atoms with E-state index in [1.54, 1.807) is 22.9 Å². The zero-order valence-corrected chi connectivity index (χ0v) is 11.9. The van der Waals surface area contributed by atoms with Crippen LogP contribution < -0.4 is 5.32 Å². The molecule has 0 unspecified atom stereocenters. The largest absolute Gasteiger partial charge is 0.318 e. The van der Waals surface area contributed by atoms with Gasteiger partial charge in [-0.05, 0) is 31.0 Å². The van der Waals surface area contributed by atoms with Crippen LogP contribution in [0.25, 0.3) is 0 Å². The van der Waals surface area contributed by atoms with Gasteiger partial charge in [0.15, 0.2) is 0 Å². The van der Waals surface area contributed by atoms with Crippen molar-refractivity contribution >= 4 is 11.6 Å². The number of carbonyl (C=O) groups is 1. The van der Waals surface area contributed by atoms with Gasteiger partial charge in [0, 0.05) is 6.54 Å². The molecule has 1 aromatic carbocycles. The smallest absolute Gasteiger partial charge is 0.274 e. The van der Waals surface area contributed by atoms with Gasteiger partial charge in [0.2, 0.25) is 0 Å². The number of nitrogens with zero attached hydrogens (tertiary/aromatic N) is 2. The summed E-state index contributed by atoms with van der Waals surface area (Å²) in [6, 6.07) is 7.85. The van der Waals surface area contributed by atoms with Crippen LogP contribution in [0.3, 0.4) is 0 Å². The van der Waals surface area contributed by atoms with E-state index in [-0.39, 0.29) is 17.5 Å². The lowest BCUT2D eigenvalue weighted by atomic mass is 10.1. The zero-order chi connectivity index (χ0) is 14.7. The van der Waals surface area contributed by atoms with E-state index in [1.165, 1.54) is 12.1 Å². The van der Waals surface area contributed by atoms with E-state index in [9.17, 15) is 9.18 Å². The van der Waals surface area contributed by atoms with Crippen LogP contribution in [0.15, 0.2) is 30.3 Å². The molecule has 106 valence electrons. The number of hydrogen-bond acceptors (Lipinski definition) is 2. The van der Waals surface area contributed by atoms with Gasteiger partial charge in [-0.1, -0.05) is 26.0 Å². The van der Waals surface area contributed by atoms with E-state index in [0.29, 0.717) is 12.2 Å². The fourth-order valence-electron chi connectivity index (χ4n) is 1.89. The number of anilines is 1. The molecule has 0 aliphatic carbocycles. The Morgan fingerprint density at radius 2 is 2.10 bits per heavy atom. The van der Waals surface area contributed by atoms with Crippen molar-refractivity contribution in [2.24, 2.45) is 0 Å². The molecule has 0 atom stereocenters. The van der Waals surface area contributed by atoms with Crippen molar-refractivity contribution in [3.63, 3.8) is 0 Å². The molecular weight excluding hydrogens is 257 g/mol. The summed E-state index contributed by atoms with van der Waals surface area (Å²) in [5.41, 5.74) is 1.47. The summed E-state index contributed by atoms with van der Waals surface area (Å²) in [5.74, 6) is -0.563. The van der Waals surface area contributed by atoms with Crippen LogP contribution in [0, 0.1) is 5.82 Å². The topological polar surface area (TPSA) is 46.9 Å². The average Bonchev–Trinajstić information content (AvgIpc) is 2.85. The number of nitrogens with one attached hydrogen (secondary N) is 1. The van der Waals surface area contributed by atoms with Gasteiger partial charge in [-0.2, -0.15) is 5.10 Å². The van der Waals surface area contributed by atoms with Gasteiger partial charge in [-0.15, -0.1) is 0 Å². The van der Waals surface area contributed by atoms with Gasteiger partial charge < -0.3 is 5.32 Å². The summed E-state index contributed by atoms with van der Waals surface area (Å²) < 4.78 is 15.2. The molecule has 0 aliphatic heterocycles. The molecule has 1 amide bonds. The molecule has 2 aromatic rings. The molecular formula is C15H18FN3O. The standard InChI is InChI=1S/C15H18FN3O/c1-4-19-14(9-13(18-19)10(2)3)15(20)17-12-8-6-5-7-11(12)16/h5-10H,4H2,1-3H3,(H,17,20). The molecule has 2 rings (SSSR count). The molecule has 0 saturated heterocycles. The molecule has 1 aromatic heterocycles. The monoisotopic (exact) mass is 275 g/mol. The SMILES string of the molecule is CCn1nc(C(C)C)cc1C(=O)Nc1ccccc1F. The minimum absolute atomic E-state index is 0.174. The van der Waals surface area contributed by atoms with Crippen molar-refractivity contribution in [2.45, 2.75) is 33.2 Å². The van der Waals surface area contributed by atoms with E-state index in [0.717, 1.165) is 5.69 Å². The Hall–Kier alpha value is -2.17. The van der Waals surface area contributed by atoms with Crippen molar-refractivity contribution in [3.8, 4) is 0 Å². The number of aromatic nitrogens is 2. The molecule has 5 heteroatoms. The fraction of sp³-hybridized carbons (Fsp3) is 0.333. The predicted molar refractivity (Wildman–Crippen MR) is 76.3 cm³/mol. The van der Waals surface area contributed by atoms with Gasteiger partial charge in [0.05, 0.1) is 11.4 Å². The van der Waals surface area contributed by atoms with Crippen LogP contribution >= 0.6 is 0 Å². The first-order chi connectivity index (χ1) is 9.52. The van der Waals surface area contributed by atoms with Crippen molar-refractivity contribution in [1.82, 2.24) is 9.78 Å². The Labute approximate surface area is 117 Å². The second kappa shape index (κ2) is 5.86. The van der Waals surface area contributed by atoms with E-state index in [4.69, 9.17) is 0 Å². The van der Waals surface area contributed by atoms with E-state index >= 15 is 0 Å². The molecule has 1 heterocycles. The Kier molecular flexibility index (Phi) is 4.17. The molecule has 4 nitrogen and oxygen atoms in total. The highest BCUT2D eigenvalue weighted by Crippen LogP contribution is 2.17. The van der Waals surface area contributed by atoms with E-state index < -0.39 is 5.82 Å².